The van der Waals surface area contributed by atoms with Crippen molar-refractivity contribution in [3.8, 4) is 11.6 Å². The van der Waals surface area contributed by atoms with Crippen molar-refractivity contribution < 1.29 is 9.53 Å². The van der Waals surface area contributed by atoms with E-state index in [2.05, 4.69) is 35.8 Å². The maximum atomic E-state index is 12.7. The Hall–Kier alpha value is -3.00. The number of aryl methyl sites for hydroxylation is 1. The van der Waals surface area contributed by atoms with Crippen molar-refractivity contribution in [3.63, 3.8) is 0 Å². The van der Waals surface area contributed by atoms with Crippen LogP contribution in [0.3, 0.4) is 0 Å². The van der Waals surface area contributed by atoms with Gasteiger partial charge in [0.05, 0.1) is 5.56 Å². The van der Waals surface area contributed by atoms with Crippen LogP contribution in [0, 0.1) is 6.92 Å². The molecule has 1 aliphatic rings. The normalized spacial score (nSPS) is 14.0. The van der Waals surface area contributed by atoms with E-state index < -0.39 is 0 Å². The highest BCUT2D eigenvalue weighted by molar-refractivity contribution is 9.10. The summed E-state index contributed by atoms with van der Waals surface area (Å²) < 4.78 is 6.66. The van der Waals surface area contributed by atoms with Crippen LogP contribution in [-0.2, 0) is 0 Å². The third-order valence-corrected chi connectivity index (χ3v) is 5.04. The molecule has 29 heavy (non-hydrogen) atoms. The molecule has 1 aromatic carbocycles. The van der Waals surface area contributed by atoms with Gasteiger partial charge in [0, 0.05) is 49.1 Å². The summed E-state index contributed by atoms with van der Waals surface area (Å²) in [5, 5.41) is 0. The van der Waals surface area contributed by atoms with Gasteiger partial charge in [-0.2, -0.15) is 4.98 Å². The topological polar surface area (TPSA) is 71.5 Å². The molecule has 0 atom stereocenters. The molecule has 0 spiro atoms. The zero-order chi connectivity index (χ0) is 20.2. The van der Waals surface area contributed by atoms with Crippen LogP contribution < -0.4 is 9.64 Å². The number of aromatic nitrogens is 3. The van der Waals surface area contributed by atoms with Gasteiger partial charge in [-0.25, -0.2) is 4.98 Å². The molecular formula is C21H20BrN5O2. The molecule has 1 fully saturated rings. The lowest BCUT2D eigenvalue weighted by Gasteiger charge is -2.35. The first-order valence-corrected chi connectivity index (χ1v) is 10.1. The fourth-order valence-electron chi connectivity index (χ4n) is 3.20. The quantitative estimate of drug-likeness (QED) is 0.599. The number of amides is 1. The summed E-state index contributed by atoms with van der Waals surface area (Å²) in [5.74, 6) is 2.68. The van der Waals surface area contributed by atoms with Gasteiger partial charge in [-0.1, -0.05) is 18.2 Å². The number of hydrogen-bond acceptors (Lipinski definition) is 6. The lowest BCUT2D eigenvalue weighted by molar-refractivity contribution is 0.0746. The van der Waals surface area contributed by atoms with Crippen molar-refractivity contribution in [2.45, 2.75) is 6.92 Å². The Morgan fingerprint density at radius 3 is 2.52 bits per heavy atom. The summed E-state index contributed by atoms with van der Waals surface area (Å²) in [5.41, 5.74) is 0.587. The fourth-order valence-corrected chi connectivity index (χ4v) is 3.56. The van der Waals surface area contributed by atoms with Gasteiger partial charge < -0.3 is 14.5 Å². The number of halogens is 1. The molecule has 4 rings (SSSR count). The molecule has 2 aromatic heterocycles. The lowest BCUT2D eigenvalue weighted by atomic mass is 10.2. The molecule has 0 radical (unpaired) electrons. The molecule has 1 saturated heterocycles. The van der Waals surface area contributed by atoms with Gasteiger partial charge in [-0.3, -0.25) is 9.78 Å². The van der Waals surface area contributed by atoms with Crippen LogP contribution in [0.4, 0.5) is 5.82 Å². The highest BCUT2D eigenvalue weighted by Gasteiger charge is 2.24. The van der Waals surface area contributed by atoms with Gasteiger partial charge in [-0.05, 0) is 41.1 Å². The Kier molecular flexibility index (Phi) is 5.71. The van der Waals surface area contributed by atoms with Crippen molar-refractivity contribution in [1.29, 1.82) is 0 Å². The Morgan fingerprint density at radius 1 is 1.03 bits per heavy atom. The van der Waals surface area contributed by atoms with E-state index in [1.165, 1.54) is 0 Å². The molecule has 3 heterocycles. The fraction of sp³-hybridized carbons (Fsp3) is 0.238. The number of nitrogens with zero attached hydrogens (tertiary/aromatic N) is 5. The summed E-state index contributed by atoms with van der Waals surface area (Å²) in [6.45, 7) is 4.46. The molecular weight excluding hydrogens is 434 g/mol. The average molecular weight is 454 g/mol. The maximum absolute atomic E-state index is 12.7. The predicted molar refractivity (Wildman–Crippen MR) is 113 cm³/mol. The van der Waals surface area contributed by atoms with Crippen LogP contribution in [-0.4, -0.2) is 51.9 Å². The maximum Gasteiger partial charge on any atom is 0.255 e. The van der Waals surface area contributed by atoms with Crippen molar-refractivity contribution in [3.05, 3.63) is 70.7 Å². The van der Waals surface area contributed by atoms with Crippen LogP contribution >= 0.6 is 15.9 Å². The minimum atomic E-state index is -0.00887. The summed E-state index contributed by atoms with van der Waals surface area (Å²) in [7, 11) is 0. The summed E-state index contributed by atoms with van der Waals surface area (Å²) >= 11 is 3.36. The Labute approximate surface area is 177 Å². The largest absolute Gasteiger partial charge is 0.439 e. The number of benzene rings is 1. The first-order chi connectivity index (χ1) is 14.1. The number of ether oxygens (including phenoxy) is 1. The monoisotopic (exact) mass is 453 g/mol. The molecule has 1 amide bonds. The molecule has 0 bridgehead atoms. The van der Waals surface area contributed by atoms with E-state index in [9.17, 15) is 4.79 Å². The first kappa shape index (κ1) is 19.3. The Bertz CT molecular complexity index is 1010. The number of anilines is 1. The van der Waals surface area contributed by atoms with Crippen molar-refractivity contribution in [1.82, 2.24) is 19.9 Å². The van der Waals surface area contributed by atoms with E-state index in [-0.39, 0.29) is 5.91 Å². The summed E-state index contributed by atoms with van der Waals surface area (Å²) in [6.07, 6.45) is 3.27. The van der Waals surface area contributed by atoms with Gasteiger partial charge in [0.2, 0.25) is 5.88 Å². The van der Waals surface area contributed by atoms with E-state index >= 15 is 0 Å². The second-order valence-electron chi connectivity index (χ2n) is 6.70. The predicted octanol–water partition coefficient (Wildman–Crippen LogP) is 3.70. The zero-order valence-corrected chi connectivity index (χ0v) is 17.5. The highest BCUT2D eigenvalue weighted by Crippen LogP contribution is 2.24. The van der Waals surface area contributed by atoms with Crippen molar-refractivity contribution in [2.75, 3.05) is 31.1 Å². The third kappa shape index (κ3) is 4.71. The van der Waals surface area contributed by atoms with Crippen molar-refractivity contribution >= 4 is 27.7 Å². The Balaban J connectivity index is 1.43. The second-order valence-corrected chi connectivity index (χ2v) is 7.61. The lowest BCUT2D eigenvalue weighted by Crippen LogP contribution is -2.49. The molecule has 0 N–H and O–H groups in total. The number of pyridine rings is 1. The number of piperazine rings is 1. The average Bonchev–Trinajstić information content (AvgIpc) is 2.74. The van der Waals surface area contributed by atoms with Gasteiger partial charge >= 0.3 is 0 Å². The smallest absolute Gasteiger partial charge is 0.255 e. The Morgan fingerprint density at radius 2 is 1.79 bits per heavy atom. The van der Waals surface area contributed by atoms with Gasteiger partial charge in [0.15, 0.2) is 0 Å². The molecule has 148 valence electrons. The van der Waals surface area contributed by atoms with Crippen LogP contribution in [0.15, 0.2) is 59.3 Å². The van der Waals surface area contributed by atoms with E-state index in [1.54, 1.807) is 18.5 Å². The summed E-state index contributed by atoms with van der Waals surface area (Å²) in [4.78, 5) is 29.7. The molecule has 7 nitrogen and oxygen atoms in total. The van der Waals surface area contributed by atoms with Gasteiger partial charge in [0.1, 0.15) is 17.4 Å². The SMILES string of the molecule is Cc1nc(Oc2ccccc2)cc(N2CCN(C(=O)c3cncc(Br)c3)CC2)n1. The number of carbonyl (C=O) groups is 1. The second kappa shape index (κ2) is 8.57. The van der Waals surface area contributed by atoms with Crippen LogP contribution in [0.2, 0.25) is 0 Å². The number of carbonyl (C=O) groups excluding carboxylic acids is 1. The molecule has 0 aliphatic carbocycles. The van der Waals surface area contributed by atoms with E-state index in [0.717, 1.165) is 16.0 Å². The van der Waals surface area contributed by atoms with Crippen LogP contribution in [0.1, 0.15) is 16.2 Å². The number of para-hydroxylation sites is 1. The van der Waals surface area contributed by atoms with E-state index in [1.807, 2.05) is 48.2 Å². The molecule has 0 saturated carbocycles. The highest BCUT2D eigenvalue weighted by atomic mass is 79.9. The summed E-state index contributed by atoms with van der Waals surface area (Å²) in [6, 6.07) is 13.2. The van der Waals surface area contributed by atoms with Crippen molar-refractivity contribution in [2.24, 2.45) is 0 Å². The molecule has 1 aliphatic heterocycles. The first-order valence-electron chi connectivity index (χ1n) is 9.32. The molecule has 3 aromatic rings. The molecule has 0 unspecified atom stereocenters. The standard InChI is InChI=1S/C21H20BrN5O2/c1-15-24-19(12-20(25-15)29-18-5-3-2-4-6-18)26-7-9-27(10-8-26)21(28)16-11-17(22)14-23-13-16/h2-6,11-14H,7-10H2,1H3. The number of rotatable bonds is 4. The third-order valence-electron chi connectivity index (χ3n) is 4.61. The number of hydrogen-bond donors (Lipinski definition) is 0. The minimum absolute atomic E-state index is 0.00887. The minimum Gasteiger partial charge on any atom is -0.439 e. The zero-order valence-electron chi connectivity index (χ0n) is 16.0. The van der Waals surface area contributed by atoms with E-state index in [0.29, 0.717) is 43.4 Å². The molecule has 8 heteroatoms. The van der Waals surface area contributed by atoms with Crippen LogP contribution in [0.25, 0.3) is 0 Å². The van der Waals surface area contributed by atoms with Crippen LogP contribution in [0.5, 0.6) is 11.6 Å². The van der Waals surface area contributed by atoms with E-state index in [4.69, 9.17) is 4.74 Å². The van der Waals surface area contributed by atoms with Gasteiger partial charge in [0.25, 0.3) is 5.91 Å². The van der Waals surface area contributed by atoms with Gasteiger partial charge in [-0.15, -0.1) is 0 Å².